The van der Waals surface area contributed by atoms with Gasteiger partial charge >= 0.3 is 5.97 Å². The van der Waals surface area contributed by atoms with Crippen LogP contribution in [0.2, 0.25) is 0 Å². The first-order chi connectivity index (χ1) is 8.25. The van der Waals surface area contributed by atoms with Gasteiger partial charge in [-0.05, 0) is 38.8 Å². The van der Waals surface area contributed by atoms with Crippen LogP contribution in [-0.4, -0.2) is 25.7 Å². The van der Waals surface area contributed by atoms with Crippen LogP contribution in [0.3, 0.4) is 0 Å². The first-order valence-corrected chi connectivity index (χ1v) is 7.13. The van der Waals surface area contributed by atoms with Crippen LogP contribution in [0.15, 0.2) is 0 Å². The van der Waals surface area contributed by atoms with Gasteiger partial charge in [0.1, 0.15) is 0 Å². The SMILES string of the molecule is CCCCCCOC(=O)C1(CC)CCNCC1. The summed E-state index contributed by atoms with van der Waals surface area (Å²) in [5.41, 5.74) is -0.198. The summed E-state index contributed by atoms with van der Waals surface area (Å²) in [4.78, 5) is 12.1. The molecule has 1 aliphatic rings. The van der Waals surface area contributed by atoms with Crippen molar-refractivity contribution in [2.75, 3.05) is 19.7 Å². The van der Waals surface area contributed by atoms with Gasteiger partial charge in [-0.1, -0.05) is 33.1 Å². The molecule has 17 heavy (non-hydrogen) atoms. The van der Waals surface area contributed by atoms with E-state index in [9.17, 15) is 4.79 Å². The molecule has 0 aromatic rings. The predicted molar refractivity (Wildman–Crippen MR) is 69.9 cm³/mol. The van der Waals surface area contributed by atoms with Crippen molar-refractivity contribution in [2.24, 2.45) is 5.41 Å². The van der Waals surface area contributed by atoms with Crippen LogP contribution in [0.1, 0.15) is 58.8 Å². The molecule has 0 aliphatic carbocycles. The minimum absolute atomic E-state index is 0.0398. The number of carbonyl (C=O) groups is 1. The molecule has 3 heteroatoms. The molecule has 1 aliphatic heterocycles. The van der Waals surface area contributed by atoms with Crippen LogP contribution in [-0.2, 0) is 9.53 Å². The van der Waals surface area contributed by atoms with Crippen molar-refractivity contribution in [3.8, 4) is 0 Å². The van der Waals surface area contributed by atoms with Crippen molar-refractivity contribution < 1.29 is 9.53 Å². The third kappa shape index (κ3) is 4.30. The highest BCUT2D eigenvalue weighted by Gasteiger charge is 2.39. The van der Waals surface area contributed by atoms with E-state index >= 15 is 0 Å². The van der Waals surface area contributed by atoms with Gasteiger partial charge in [0.25, 0.3) is 0 Å². The highest BCUT2D eigenvalue weighted by Crippen LogP contribution is 2.33. The minimum Gasteiger partial charge on any atom is -0.465 e. The zero-order chi connectivity index (χ0) is 12.6. The lowest BCUT2D eigenvalue weighted by Crippen LogP contribution is -2.42. The summed E-state index contributed by atoms with van der Waals surface area (Å²) < 4.78 is 5.46. The third-order valence-electron chi connectivity index (χ3n) is 3.90. The van der Waals surface area contributed by atoms with Gasteiger partial charge in [-0.25, -0.2) is 0 Å². The second-order valence-corrected chi connectivity index (χ2v) is 5.08. The largest absolute Gasteiger partial charge is 0.465 e. The van der Waals surface area contributed by atoms with E-state index in [1.807, 2.05) is 0 Å². The molecule has 100 valence electrons. The zero-order valence-electron chi connectivity index (χ0n) is 11.4. The van der Waals surface area contributed by atoms with Crippen molar-refractivity contribution in [1.82, 2.24) is 5.32 Å². The molecule has 0 unspecified atom stereocenters. The van der Waals surface area contributed by atoms with Crippen molar-refractivity contribution in [2.45, 2.75) is 58.8 Å². The van der Waals surface area contributed by atoms with E-state index in [2.05, 4.69) is 19.2 Å². The maximum Gasteiger partial charge on any atom is 0.312 e. The number of hydrogen-bond donors (Lipinski definition) is 1. The van der Waals surface area contributed by atoms with Crippen LogP contribution < -0.4 is 5.32 Å². The van der Waals surface area contributed by atoms with Crippen LogP contribution >= 0.6 is 0 Å². The fourth-order valence-electron chi connectivity index (χ4n) is 2.45. The molecule has 0 spiro atoms. The molecule has 0 atom stereocenters. The number of rotatable bonds is 7. The highest BCUT2D eigenvalue weighted by molar-refractivity contribution is 5.77. The van der Waals surface area contributed by atoms with Crippen LogP contribution in [0, 0.1) is 5.41 Å². The summed E-state index contributed by atoms with van der Waals surface area (Å²) in [7, 11) is 0. The lowest BCUT2D eigenvalue weighted by molar-refractivity contribution is -0.158. The van der Waals surface area contributed by atoms with Gasteiger partial charge in [-0.3, -0.25) is 4.79 Å². The normalized spacial score (nSPS) is 18.9. The monoisotopic (exact) mass is 241 g/mol. The maximum atomic E-state index is 12.1. The average molecular weight is 241 g/mol. The second-order valence-electron chi connectivity index (χ2n) is 5.08. The Hall–Kier alpha value is -0.570. The first-order valence-electron chi connectivity index (χ1n) is 7.13. The summed E-state index contributed by atoms with van der Waals surface area (Å²) in [6.07, 6.45) is 7.40. The summed E-state index contributed by atoms with van der Waals surface area (Å²) in [6, 6.07) is 0. The predicted octanol–water partition coefficient (Wildman–Crippen LogP) is 2.89. The van der Waals surface area contributed by atoms with E-state index in [0.29, 0.717) is 6.61 Å². The summed E-state index contributed by atoms with van der Waals surface area (Å²) in [5, 5.41) is 3.30. The Labute approximate surface area is 105 Å². The molecule has 0 aromatic heterocycles. The van der Waals surface area contributed by atoms with E-state index in [1.54, 1.807) is 0 Å². The Morgan fingerprint density at radius 1 is 1.18 bits per heavy atom. The average Bonchev–Trinajstić information content (AvgIpc) is 2.39. The molecule has 0 radical (unpaired) electrons. The van der Waals surface area contributed by atoms with Gasteiger partial charge in [0, 0.05) is 0 Å². The lowest BCUT2D eigenvalue weighted by Gasteiger charge is -2.34. The van der Waals surface area contributed by atoms with E-state index in [4.69, 9.17) is 4.74 Å². The first kappa shape index (κ1) is 14.5. The Morgan fingerprint density at radius 2 is 1.88 bits per heavy atom. The number of carbonyl (C=O) groups excluding carboxylic acids is 1. The van der Waals surface area contributed by atoms with Crippen LogP contribution in [0.25, 0.3) is 0 Å². The van der Waals surface area contributed by atoms with Crippen molar-refractivity contribution in [1.29, 1.82) is 0 Å². The van der Waals surface area contributed by atoms with Gasteiger partial charge in [-0.2, -0.15) is 0 Å². The molecule has 0 saturated carbocycles. The van der Waals surface area contributed by atoms with Gasteiger partial charge < -0.3 is 10.1 Å². The lowest BCUT2D eigenvalue weighted by atomic mass is 9.77. The molecule has 0 bridgehead atoms. The number of ether oxygens (including phenoxy) is 1. The molecular formula is C14H27NO2. The summed E-state index contributed by atoms with van der Waals surface area (Å²) >= 11 is 0. The fourth-order valence-corrected chi connectivity index (χ4v) is 2.45. The van der Waals surface area contributed by atoms with Gasteiger partial charge in [0.15, 0.2) is 0 Å². The summed E-state index contributed by atoms with van der Waals surface area (Å²) in [5.74, 6) is 0.0398. The smallest absolute Gasteiger partial charge is 0.312 e. The number of piperidine rings is 1. The molecule has 1 rings (SSSR count). The van der Waals surface area contributed by atoms with Crippen molar-refractivity contribution >= 4 is 5.97 Å². The van der Waals surface area contributed by atoms with E-state index in [-0.39, 0.29) is 11.4 Å². The molecule has 1 fully saturated rings. The molecular weight excluding hydrogens is 214 g/mol. The highest BCUT2D eigenvalue weighted by atomic mass is 16.5. The number of unbranched alkanes of at least 4 members (excludes halogenated alkanes) is 3. The molecule has 0 aromatic carbocycles. The van der Waals surface area contributed by atoms with Gasteiger partial charge in [0.05, 0.1) is 12.0 Å². The Kier molecular flexibility index (Phi) is 6.56. The molecule has 3 nitrogen and oxygen atoms in total. The second kappa shape index (κ2) is 7.70. The summed E-state index contributed by atoms with van der Waals surface area (Å²) in [6.45, 7) is 6.78. The molecule has 1 saturated heterocycles. The van der Waals surface area contributed by atoms with Crippen molar-refractivity contribution in [3.05, 3.63) is 0 Å². The minimum atomic E-state index is -0.198. The van der Waals surface area contributed by atoms with E-state index in [0.717, 1.165) is 38.8 Å². The quantitative estimate of drug-likeness (QED) is 0.550. The van der Waals surface area contributed by atoms with Gasteiger partial charge in [0.2, 0.25) is 0 Å². The fraction of sp³-hybridized carbons (Fsp3) is 0.929. The number of esters is 1. The zero-order valence-corrected chi connectivity index (χ0v) is 11.4. The van der Waals surface area contributed by atoms with Crippen LogP contribution in [0.5, 0.6) is 0 Å². The third-order valence-corrected chi connectivity index (χ3v) is 3.90. The Morgan fingerprint density at radius 3 is 2.47 bits per heavy atom. The maximum absolute atomic E-state index is 12.1. The van der Waals surface area contributed by atoms with E-state index < -0.39 is 0 Å². The molecule has 1 N–H and O–H groups in total. The van der Waals surface area contributed by atoms with Crippen molar-refractivity contribution in [3.63, 3.8) is 0 Å². The number of nitrogens with one attached hydrogen (secondary N) is 1. The molecule has 0 amide bonds. The van der Waals surface area contributed by atoms with E-state index in [1.165, 1.54) is 19.3 Å². The van der Waals surface area contributed by atoms with Gasteiger partial charge in [-0.15, -0.1) is 0 Å². The number of hydrogen-bond acceptors (Lipinski definition) is 3. The Balaban J connectivity index is 2.28. The van der Waals surface area contributed by atoms with Crippen LogP contribution in [0.4, 0.5) is 0 Å². The Bertz CT molecular complexity index is 222. The molecule has 1 heterocycles. The standard InChI is InChI=1S/C14H27NO2/c1-3-5-6-7-12-17-13(16)14(4-2)8-10-15-11-9-14/h15H,3-12H2,1-2H3. The topological polar surface area (TPSA) is 38.3 Å².